The number of hydrogen-bond donors (Lipinski definition) is 2. The number of amides is 2. The molecule has 1 aliphatic heterocycles. The summed E-state index contributed by atoms with van der Waals surface area (Å²) in [6, 6.07) is 15.2. The predicted octanol–water partition coefficient (Wildman–Crippen LogP) is 3.28. The normalized spacial score (nSPS) is 14.4. The first kappa shape index (κ1) is 21.6. The van der Waals surface area contributed by atoms with Crippen molar-refractivity contribution in [1.29, 1.82) is 0 Å². The van der Waals surface area contributed by atoms with Crippen LogP contribution in [0.25, 0.3) is 10.8 Å². The van der Waals surface area contributed by atoms with E-state index in [-0.39, 0.29) is 16.1 Å². The monoisotopic (exact) mass is 463 g/mol. The Morgan fingerprint density at radius 2 is 1.59 bits per heavy atom. The SMILES string of the molecule is O=C(CN1c2cccc3cccc(c23)S1(=O)=O)Nc1ccc(C(=O)NCC(F)(F)F)cc1. The molecule has 1 heterocycles. The second-order valence-corrected chi connectivity index (χ2v) is 8.90. The quantitative estimate of drug-likeness (QED) is 0.607. The maximum absolute atomic E-state index is 12.9. The Hall–Kier alpha value is -3.60. The lowest BCUT2D eigenvalue weighted by Gasteiger charge is -2.18. The van der Waals surface area contributed by atoms with Gasteiger partial charge in [0.05, 0.1) is 10.6 Å². The van der Waals surface area contributed by atoms with E-state index in [1.165, 1.54) is 30.3 Å². The Kier molecular flexibility index (Phi) is 5.29. The molecule has 0 saturated heterocycles. The van der Waals surface area contributed by atoms with Crippen molar-refractivity contribution >= 4 is 44.0 Å². The first-order chi connectivity index (χ1) is 15.1. The molecule has 3 aromatic rings. The maximum Gasteiger partial charge on any atom is 0.405 e. The van der Waals surface area contributed by atoms with E-state index in [0.717, 1.165) is 9.69 Å². The molecule has 11 heteroatoms. The summed E-state index contributed by atoms with van der Waals surface area (Å²) in [5.74, 6) is -1.53. The van der Waals surface area contributed by atoms with Gasteiger partial charge in [-0.3, -0.25) is 13.9 Å². The summed E-state index contributed by atoms with van der Waals surface area (Å²) in [5.41, 5.74) is 0.649. The number of alkyl halides is 3. The third-order valence-corrected chi connectivity index (χ3v) is 6.65. The van der Waals surface area contributed by atoms with Gasteiger partial charge in [-0.1, -0.05) is 24.3 Å². The van der Waals surface area contributed by atoms with Gasteiger partial charge < -0.3 is 10.6 Å². The number of nitrogens with one attached hydrogen (secondary N) is 2. The van der Waals surface area contributed by atoms with E-state index in [9.17, 15) is 31.2 Å². The van der Waals surface area contributed by atoms with Gasteiger partial charge in [0.1, 0.15) is 13.1 Å². The van der Waals surface area contributed by atoms with Gasteiger partial charge in [0.15, 0.2) is 0 Å². The molecule has 0 saturated carbocycles. The minimum atomic E-state index is -4.52. The van der Waals surface area contributed by atoms with Crippen LogP contribution in [0.3, 0.4) is 0 Å². The standard InChI is InChI=1S/C21H16F3N3O4S/c22-21(23,24)12-25-20(29)14-7-9-15(10-8-14)26-18(28)11-27-16-5-1-3-13-4-2-6-17(19(13)16)32(27,30)31/h1-10H,11-12H2,(H,25,29)(H,26,28). The Morgan fingerprint density at radius 1 is 0.938 bits per heavy atom. The average Bonchev–Trinajstić information content (AvgIpc) is 2.95. The maximum atomic E-state index is 12.9. The van der Waals surface area contributed by atoms with Gasteiger partial charge >= 0.3 is 6.18 Å². The van der Waals surface area contributed by atoms with Gasteiger partial charge in [0.25, 0.3) is 15.9 Å². The summed E-state index contributed by atoms with van der Waals surface area (Å²) in [4.78, 5) is 24.4. The summed E-state index contributed by atoms with van der Waals surface area (Å²) < 4.78 is 63.5. The fraction of sp³-hybridized carbons (Fsp3) is 0.143. The van der Waals surface area contributed by atoms with Crippen LogP contribution in [0.1, 0.15) is 10.4 Å². The van der Waals surface area contributed by atoms with E-state index in [2.05, 4.69) is 5.32 Å². The van der Waals surface area contributed by atoms with Gasteiger partial charge in [-0.25, -0.2) is 8.42 Å². The lowest BCUT2D eigenvalue weighted by Crippen LogP contribution is -2.35. The van der Waals surface area contributed by atoms with Crippen LogP contribution in [-0.4, -0.2) is 39.5 Å². The molecule has 166 valence electrons. The minimum Gasteiger partial charge on any atom is -0.343 e. The van der Waals surface area contributed by atoms with Crippen molar-refractivity contribution in [1.82, 2.24) is 5.32 Å². The highest BCUT2D eigenvalue weighted by Gasteiger charge is 2.36. The molecule has 0 fully saturated rings. The van der Waals surface area contributed by atoms with Crippen LogP contribution in [0.2, 0.25) is 0 Å². The van der Waals surface area contributed by atoms with E-state index in [1.54, 1.807) is 35.6 Å². The van der Waals surface area contributed by atoms with Crippen molar-refractivity contribution in [2.75, 3.05) is 22.7 Å². The summed E-state index contributed by atoms with van der Waals surface area (Å²) in [6.45, 7) is -1.92. The molecular formula is C21H16F3N3O4S. The molecule has 0 radical (unpaired) electrons. The van der Waals surface area contributed by atoms with Gasteiger partial charge in [-0.2, -0.15) is 13.2 Å². The van der Waals surface area contributed by atoms with Crippen LogP contribution in [0.15, 0.2) is 65.6 Å². The number of hydrogen-bond acceptors (Lipinski definition) is 4. The third-order valence-electron chi connectivity index (χ3n) is 4.85. The third kappa shape index (κ3) is 4.11. The zero-order chi connectivity index (χ0) is 23.1. The molecule has 0 bridgehead atoms. The van der Waals surface area contributed by atoms with Gasteiger partial charge in [-0.15, -0.1) is 0 Å². The van der Waals surface area contributed by atoms with Crippen LogP contribution < -0.4 is 14.9 Å². The molecule has 3 aromatic carbocycles. The highest BCUT2D eigenvalue weighted by atomic mass is 32.2. The molecule has 0 aromatic heterocycles. The van der Waals surface area contributed by atoms with E-state index in [1.807, 2.05) is 0 Å². The number of anilines is 2. The van der Waals surface area contributed by atoms with E-state index in [4.69, 9.17) is 0 Å². The number of rotatable bonds is 5. The number of benzene rings is 3. The molecule has 1 aliphatic rings. The number of carbonyl (C=O) groups is 2. The number of nitrogens with zero attached hydrogens (tertiary/aromatic N) is 1. The Labute approximate surface area is 180 Å². The van der Waals surface area contributed by atoms with Crippen molar-refractivity contribution in [3.8, 4) is 0 Å². The van der Waals surface area contributed by atoms with E-state index in [0.29, 0.717) is 11.1 Å². The molecular weight excluding hydrogens is 447 g/mol. The van der Waals surface area contributed by atoms with Gasteiger partial charge in [0.2, 0.25) is 5.91 Å². The first-order valence-corrected chi connectivity index (χ1v) is 10.8. The zero-order valence-corrected chi connectivity index (χ0v) is 17.1. The second kappa shape index (κ2) is 7.83. The summed E-state index contributed by atoms with van der Waals surface area (Å²) in [7, 11) is -3.89. The molecule has 4 rings (SSSR count). The van der Waals surface area contributed by atoms with Crippen molar-refractivity contribution in [2.45, 2.75) is 11.1 Å². The summed E-state index contributed by atoms with van der Waals surface area (Å²) in [6.07, 6.45) is -4.52. The Morgan fingerprint density at radius 3 is 2.25 bits per heavy atom. The topological polar surface area (TPSA) is 95.6 Å². The molecule has 2 N–H and O–H groups in total. The minimum absolute atomic E-state index is 0.0171. The van der Waals surface area contributed by atoms with Crippen molar-refractivity contribution < 1.29 is 31.2 Å². The number of sulfonamides is 1. The number of halogens is 3. The molecule has 32 heavy (non-hydrogen) atoms. The molecule has 0 aliphatic carbocycles. The van der Waals surface area contributed by atoms with E-state index < -0.39 is 41.1 Å². The van der Waals surface area contributed by atoms with Gasteiger partial charge in [0, 0.05) is 16.6 Å². The summed E-state index contributed by atoms with van der Waals surface area (Å²) >= 11 is 0. The van der Waals surface area contributed by atoms with Crippen molar-refractivity contribution in [2.24, 2.45) is 0 Å². The smallest absolute Gasteiger partial charge is 0.343 e. The molecule has 0 atom stereocenters. The lowest BCUT2D eigenvalue weighted by atomic mass is 10.1. The second-order valence-electron chi connectivity index (χ2n) is 7.07. The fourth-order valence-corrected chi connectivity index (χ4v) is 5.11. The van der Waals surface area contributed by atoms with Crippen molar-refractivity contribution in [3.63, 3.8) is 0 Å². The highest BCUT2D eigenvalue weighted by Crippen LogP contribution is 2.41. The Bertz CT molecular complexity index is 1320. The Balaban J connectivity index is 1.46. The van der Waals surface area contributed by atoms with Crippen LogP contribution >= 0.6 is 0 Å². The fourth-order valence-electron chi connectivity index (χ4n) is 3.45. The van der Waals surface area contributed by atoms with Gasteiger partial charge in [-0.05, 0) is 41.8 Å². The zero-order valence-electron chi connectivity index (χ0n) is 16.3. The molecule has 0 unspecified atom stereocenters. The lowest BCUT2D eigenvalue weighted by molar-refractivity contribution is -0.123. The molecule has 0 spiro atoms. The van der Waals surface area contributed by atoms with Crippen LogP contribution in [0.4, 0.5) is 24.5 Å². The summed E-state index contributed by atoms with van der Waals surface area (Å²) in [5, 5.41) is 5.58. The average molecular weight is 463 g/mol. The molecule has 2 amide bonds. The van der Waals surface area contributed by atoms with E-state index >= 15 is 0 Å². The first-order valence-electron chi connectivity index (χ1n) is 9.36. The molecule has 7 nitrogen and oxygen atoms in total. The van der Waals surface area contributed by atoms with Crippen LogP contribution in [0, 0.1) is 0 Å². The van der Waals surface area contributed by atoms with Crippen LogP contribution in [-0.2, 0) is 14.8 Å². The largest absolute Gasteiger partial charge is 0.405 e. The predicted molar refractivity (Wildman–Crippen MR) is 112 cm³/mol. The van der Waals surface area contributed by atoms with Crippen LogP contribution in [0.5, 0.6) is 0 Å². The highest BCUT2D eigenvalue weighted by molar-refractivity contribution is 7.93. The van der Waals surface area contributed by atoms with Crippen molar-refractivity contribution in [3.05, 3.63) is 66.2 Å². The number of carbonyl (C=O) groups excluding carboxylic acids is 2.